The second-order valence-corrected chi connectivity index (χ2v) is 5.98. The molecule has 4 heteroatoms. The molecule has 4 nitrogen and oxygen atoms in total. The van der Waals surface area contributed by atoms with Crippen molar-refractivity contribution in [2.24, 2.45) is 5.41 Å². The van der Waals surface area contributed by atoms with Crippen molar-refractivity contribution in [1.82, 2.24) is 5.32 Å². The normalized spacial score (nSPS) is 16.1. The van der Waals surface area contributed by atoms with Crippen LogP contribution in [0, 0.1) is 5.41 Å². The fraction of sp³-hybridized carbons (Fsp3) is 0.562. The van der Waals surface area contributed by atoms with Gasteiger partial charge in [-0.2, -0.15) is 0 Å². The molecule has 2 N–H and O–H groups in total. The van der Waals surface area contributed by atoms with Crippen LogP contribution in [0.1, 0.15) is 27.2 Å². The van der Waals surface area contributed by atoms with Crippen LogP contribution in [-0.4, -0.2) is 32.1 Å². The van der Waals surface area contributed by atoms with Crippen molar-refractivity contribution in [2.45, 2.75) is 27.2 Å². The van der Waals surface area contributed by atoms with Crippen molar-refractivity contribution in [2.75, 3.05) is 36.4 Å². The standard InChI is InChI=1S/C16H25N3O/c1-4-16(2,3)15(20)18-13-5-7-14(8-6-13)19-11-9-17-10-12-19/h5-8,17H,4,9-12H2,1-3H3,(H,18,20). The number of nitrogens with one attached hydrogen (secondary N) is 2. The Kier molecular flexibility index (Phi) is 4.65. The highest BCUT2D eigenvalue weighted by molar-refractivity contribution is 5.94. The topological polar surface area (TPSA) is 44.4 Å². The number of nitrogens with zero attached hydrogens (tertiary/aromatic N) is 1. The summed E-state index contributed by atoms with van der Waals surface area (Å²) in [5.41, 5.74) is 1.77. The van der Waals surface area contributed by atoms with Crippen molar-refractivity contribution in [1.29, 1.82) is 0 Å². The maximum Gasteiger partial charge on any atom is 0.230 e. The van der Waals surface area contributed by atoms with Crippen LogP contribution in [0.25, 0.3) is 0 Å². The summed E-state index contributed by atoms with van der Waals surface area (Å²) in [4.78, 5) is 14.5. The molecule has 2 rings (SSSR count). The summed E-state index contributed by atoms with van der Waals surface area (Å²) < 4.78 is 0. The van der Waals surface area contributed by atoms with Crippen molar-refractivity contribution in [3.8, 4) is 0 Å². The van der Waals surface area contributed by atoms with Gasteiger partial charge in [0.05, 0.1) is 0 Å². The highest BCUT2D eigenvalue weighted by Crippen LogP contribution is 2.23. The second-order valence-electron chi connectivity index (χ2n) is 5.98. The number of hydrogen-bond acceptors (Lipinski definition) is 3. The van der Waals surface area contributed by atoms with Crippen LogP contribution < -0.4 is 15.5 Å². The molecule has 1 heterocycles. The van der Waals surface area contributed by atoms with E-state index in [-0.39, 0.29) is 11.3 Å². The average Bonchev–Trinajstić information content (AvgIpc) is 2.49. The van der Waals surface area contributed by atoms with Gasteiger partial charge in [-0.3, -0.25) is 4.79 Å². The monoisotopic (exact) mass is 275 g/mol. The Labute approximate surface area is 121 Å². The minimum Gasteiger partial charge on any atom is -0.369 e. The minimum absolute atomic E-state index is 0.0786. The molecule has 0 unspecified atom stereocenters. The molecule has 0 atom stereocenters. The number of carbonyl (C=O) groups excluding carboxylic acids is 1. The molecular weight excluding hydrogens is 250 g/mol. The third kappa shape index (κ3) is 3.51. The molecule has 1 aliphatic rings. The number of benzene rings is 1. The summed E-state index contributed by atoms with van der Waals surface area (Å²) >= 11 is 0. The molecule has 20 heavy (non-hydrogen) atoms. The van der Waals surface area contributed by atoms with Crippen LogP contribution >= 0.6 is 0 Å². The van der Waals surface area contributed by atoms with E-state index in [1.165, 1.54) is 5.69 Å². The van der Waals surface area contributed by atoms with E-state index in [9.17, 15) is 4.79 Å². The molecule has 1 fully saturated rings. The zero-order valence-corrected chi connectivity index (χ0v) is 12.7. The molecular formula is C16H25N3O. The molecule has 1 saturated heterocycles. The largest absolute Gasteiger partial charge is 0.369 e. The SMILES string of the molecule is CCC(C)(C)C(=O)Nc1ccc(N2CCNCC2)cc1. The van der Waals surface area contributed by atoms with Crippen molar-refractivity contribution >= 4 is 17.3 Å². The molecule has 1 amide bonds. The molecule has 110 valence electrons. The lowest BCUT2D eigenvalue weighted by Crippen LogP contribution is -2.43. The summed E-state index contributed by atoms with van der Waals surface area (Å²) in [5, 5.41) is 6.34. The second kappa shape index (κ2) is 6.27. The predicted molar refractivity (Wildman–Crippen MR) is 84.2 cm³/mol. The number of rotatable bonds is 4. The van der Waals surface area contributed by atoms with Gasteiger partial charge in [0.2, 0.25) is 5.91 Å². The van der Waals surface area contributed by atoms with Crippen molar-refractivity contribution < 1.29 is 4.79 Å². The van der Waals surface area contributed by atoms with Gasteiger partial charge in [-0.25, -0.2) is 0 Å². The number of hydrogen-bond donors (Lipinski definition) is 2. The smallest absolute Gasteiger partial charge is 0.230 e. The lowest BCUT2D eigenvalue weighted by molar-refractivity contribution is -0.124. The van der Waals surface area contributed by atoms with E-state index in [1.807, 2.05) is 32.9 Å². The third-order valence-corrected chi connectivity index (χ3v) is 4.11. The molecule has 0 saturated carbocycles. The van der Waals surface area contributed by atoms with Gasteiger partial charge in [0.15, 0.2) is 0 Å². The summed E-state index contributed by atoms with van der Waals surface area (Å²) in [6, 6.07) is 8.14. The predicted octanol–water partition coefficient (Wildman–Crippen LogP) is 2.47. The average molecular weight is 275 g/mol. The molecule has 0 aromatic heterocycles. The van der Waals surface area contributed by atoms with Crippen LogP contribution in [0.4, 0.5) is 11.4 Å². The van der Waals surface area contributed by atoms with E-state index in [0.29, 0.717) is 0 Å². The molecule has 0 aliphatic carbocycles. The molecule has 0 radical (unpaired) electrons. The Bertz CT molecular complexity index is 447. The summed E-state index contributed by atoms with van der Waals surface area (Å²) in [6.07, 6.45) is 0.831. The van der Waals surface area contributed by atoms with E-state index in [1.54, 1.807) is 0 Å². The van der Waals surface area contributed by atoms with Crippen molar-refractivity contribution in [3.63, 3.8) is 0 Å². The van der Waals surface area contributed by atoms with E-state index < -0.39 is 0 Å². The quantitative estimate of drug-likeness (QED) is 0.887. The molecule has 0 bridgehead atoms. The van der Waals surface area contributed by atoms with Gasteiger partial charge in [-0.1, -0.05) is 20.8 Å². The van der Waals surface area contributed by atoms with E-state index in [0.717, 1.165) is 38.3 Å². The lowest BCUT2D eigenvalue weighted by atomic mass is 9.89. The summed E-state index contributed by atoms with van der Waals surface area (Å²) in [6.45, 7) is 10.1. The summed E-state index contributed by atoms with van der Waals surface area (Å²) in [7, 11) is 0. The third-order valence-electron chi connectivity index (χ3n) is 4.11. The number of piperazine rings is 1. The van der Waals surface area contributed by atoms with E-state index >= 15 is 0 Å². The first-order valence-electron chi connectivity index (χ1n) is 7.40. The van der Waals surface area contributed by atoms with Gasteiger partial charge in [0.1, 0.15) is 0 Å². The number of carbonyl (C=O) groups is 1. The Morgan fingerprint density at radius 3 is 2.40 bits per heavy atom. The van der Waals surface area contributed by atoms with Gasteiger partial charge >= 0.3 is 0 Å². The van der Waals surface area contributed by atoms with E-state index in [4.69, 9.17) is 0 Å². The molecule has 1 aromatic rings. The Morgan fingerprint density at radius 2 is 1.85 bits per heavy atom. The Morgan fingerprint density at radius 1 is 1.25 bits per heavy atom. The first-order valence-corrected chi connectivity index (χ1v) is 7.40. The van der Waals surface area contributed by atoms with Crippen molar-refractivity contribution in [3.05, 3.63) is 24.3 Å². The number of amides is 1. The van der Waals surface area contributed by atoms with Gasteiger partial charge in [0, 0.05) is 43.0 Å². The van der Waals surface area contributed by atoms with Gasteiger partial charge in [-0.15, -0.1) is 0 Å². The molecule has 1 aromatic carbocycles. The number of anilines is 2. The molecule has 1 aliphatic heterocycles. The van der Waals surface area contributed by atoms with Gasteiger partial charge in [0.25, 0.3) is 0 Å². The fourth-order valence-electron chi connectivity index (χ4n) is 2.14. The van der Waals surface area contributed by atoms with Gasteiger partial charge < -0.3 is 15.5 Å². The lowest BCUT2D eigenvalue weighted by Gasteiger charge is -2.29. The minimum atomic E-state index is -0.322. The van der Waals surface area contributed by atoms with Crippen LogP contribution in [0.2, 0.25) is 0 Å². The van der Waals surface area contributed by atoms with Gasteiger partial charge in [-0.05, 0) is 30.7 Å². The Hall–Kier alpha value is -1.55. The summed E-state index contributed by atoms with van der Waals surface area (Å²) in [5.74, 6) is 0.0786. The zero-order chi connectivity index (χ0) is 14.6. The first-order chi connectivity index (χ1) is 9.53. The maximum absolute atomic E-state index is 12.1. The van der Waals surface area contributed by atoms with E-state index in [2.05, 4.69) is 27.7 Å². The van der Waals surface area contributed by atoms with Crippen LogP contribution in [0.3, 0.4) is 0 Å². The highest BCUT2D eigenvalue weighted by Gasteiger charge is 2.25. The van der Waals surface area contributed by atoms with Crippen LogP contribution in [0.5, 0.6) is 0 Å². The van der Waals surface area contributed by atoms with Crippen LogP contribution in [0.15, 0.2) is 24.3 Å². The fourth-order valence-corrected chi connectivity index (χ4v) is 2.14. The molecule has 0 spiro atoms. The maximum atomic E-state index is 12.1. The highest BCUT2D eigenvalue weighted by atomic mass is 16.2. The Balaban J connectivity index is 1.99. The first kappa shape index (κ1) is 14.9. The van der Waals surface area contributed by atoms with Crippen LogP contribution in [-0.2, 0) is 4.79 Å². The zero-order valence-electron chi connectivity index (χ0n) is 12.7.